The minimum absolute atomic E-state index is 0.418. The van der Waals surface area contributed by atoms with Crippen LogP contribution in [0.3, 0.4) is 0 Å². The molecule has 1 aromatic carbocycles. The van der Waals surface area contributed by atoms with Gasteiger partial charge < -0.3 is 19.9 Å². The molecule has 1 aliphatic heterocycles. The van der Waals surface area contributed by atoms with E-state index in [1.165, 1.54) is 0 Å². The van der Waals surface area contributed by atoms with Gasteiger partial charge in [0.2, 0.25) is 0 Å². The molecule has 1 aliphatic rings. The van der Waals surface area contributed by atoms with Gasteiger partial charge in [-0.3, -0.25) is 0 Å². The number of aromatic nitrogens is 1. The lowest BCUT2D eigenvalue weighted by Crippen LogP contribution is -2.31. The second kappa shape index (κ2) is 4.01. The van der Waals surface area contributed by atoms with Crippen molar-refractivity contribution in [2.75, 3.05) is 23.8 Å². The molecule has 0 unspecified atom stereocenters. The third-order valence-corrected chi connectivity index (χ3v) is 2.75. The molecule has 5 heteroatoms. The fourth-order valence-electron chi connectivity index (χ4n) is 1.98. The van der Waals surface area contributed by atoms with Crippen LogP contribution >= 0.6 is 0 Å². The van der Waals surface area contributed by atoms with Gasteiger partial charge in [-0.15, -0.1) is 0 Å². The predicted molar refractivity (Wildman–Crippen MR) is 63.9 cm³/mol. The summed E-state index contributed by atoms with van der Waals surface area (Å²) in [6.07, 6.45) is 0. The quantitative estimate of drug-likeness (QED) is 0.851. The van der Waals surface area contributed by atoms with Crippen molar-refractivity contribution in [2.24, 2.45) is 0 Å². The Morgan fingerprint density at radius 1 is 1.35 bits per heavy atom. The zero-order valence-corrected chi connectivity index (χ0v) is 9.30. The van der Waals surface area contributed by atoms with Crippen LogP contribution in [0.5, 0.6) is 5.75 Å². The standard InChI is InChI=1S/C12H13N3O2/c13-12-7-9(17-14-12)8-15-5-6-16-11-4-2-1-3-10(11)15/h1-4,7H,5-6,8H2,(H2,13,14). The molecule has 0 bridgehead atoms. The van der Waals surface area contributed by atoms with Crippen molar-refractivity contribution >= 4 is 11.5 Å². The number of fused-ring (bicyclic) bond motifs is 1. The fraction of sp³-hybridized carbons (Fsp3) is 0.250. The molecule has 2 aromatic rings. The molecule has 3 rings (SSSR count). The Morgan fingerprint density at radius 3 is 3.06 bits per heavy atom. The van der Waals surface area contributed by atoms with E-state index < -0.39 is 0 Å². The number of para-hydroxylation sites is 2. The highest BCUT2D eigenvalue weighted by Gasteiger charge is 2.18. The molecule has 0 fully saturated rings. The van der Waals surface area contributed by atoms with Crippen molar-refractivity contribution in [3.8, 4) is 5.75 Å². The van der Waals surface area contributed by atoms with Gasteiger partial charge >= 0.3 is 0 Å². The van der Waals surface area contributed by atoms with Gasteiger partial charge in [0, 0.05) is 6.07 Å². The topological polar surface area (TPSA) is 64.5 Å². The first-order valence-electron chi connectivity index (χ1n) is 5.51. The van der Waals surface area contributed by atoms with Crippen molar-refractivity contribution in [2.45, 2.75) is 6.54 Å². The van der Waals surface area contributed by atoms with Crippen molar-refractivity contribution in [1.29, 1.82) is 0 Å². The van der Waals surface area contributed by atoms with Crippen LogP contribution < -0.4 is 15.4 Å². The number of nitrogens with zero attached hydrogens (tertiary/aromatic N) is 2. The van der Waals surface area contributed by atoms with Crippen LogP contribution in [0.1, 0.15) is 5.76 Å². The Morgan fingerprint density at radius 2 is 2.24 bits per heavy atom. The Kier molecular flexibility index (Phi) is 2.36. The monoisotopic (exact) mass is 231 g/mol. The molecule has 2 heterocycles. The van der Waals surface area contributed by atoms with Gasteiger partial charge in [0.25, 0.3) is 0 Å². The van der Waals surface area contributed by atoms with Crippen molar-refractivity contribution in [3.05, 3.63) is 36.1 Å². The molecule has 0 amide bonds. The lowest BCUT2D eigenvalue weighted by Gasteiger charge is -2.30. The molecule has 0 aliphatic carbocycles. The second-order valence-corrected chi connectivity index (χ2v) is 3.96. The summed E-state index contributed by atoms with van der Waals surface area (Å²) in [5.41, 5.74) is 6.61. The first-order chi connectivity index (χ1) is 8.33. The zero-order chi connectivity index (χ0) is 11.7. The molecule has 17 heavy (non-hydrogen) atoms. The van der Waals surface area contributed by atoms with Crippen LogP contribution in [0.15, 0.2) is 34.9 Å². The van der Waals surface area contributed by atoms with Crippen LogP contribution in [0, 0.1) is 0 Å². The van der Waals surface area contributed by atoms with E-state index in [0.29, 0.717) is 19.0 Å². The SMILES string of the molecule is Nc1cc(CN2CCOc3ccccc32)on1. The highest BCUT2D eigenvalue weighted by molar-refractivity contribution is 5.59. The van der Waals surface area contributed by atoms with E-state index >= 15 is 0 Å². The third kappa shape index (κ3) is 1.91. The molecular weight excluding hydrogens is 218 g/mol. The fourth-order valence-corrected chi connectivity index (χ4v) is 1.98. The smallest absolute Gasteiger partial charge is 0.167 e. The summed E-state index contributed by atoms with van der Waals surface area (Å²) in [6.45, 7) is 2.17. The van der Waals surface area contributed by atoms with Gasteiger partial charge in [-0.1, -0.05) is 17.3 Å². The van der Waals surface area contributed by atoms with Gasteiger partial charge in [-0.25, -0.2) is 0 Å². The average Bonchev–Trinajstić information content (AvgIpc) is 2.75. The maximum Gasteiger partial charge on any atom is 0.167 e. The molecule has 0 saturated carbocycles. The van der Waals surface area contributed by atoms with Crippen LogP contribution in [-0.4, -0.2) is 18.3 Å². The molecular formula is C12H13N3O2. The number of rotatable bonds is 2. The summed E-state index contributed by atoms with van der Waals surface area (Å²) in [5, 5.41) is 3.68. The molecule has 0 radical (unpaired) electrons. The molecule has 88 valence electrons. The maximum absolute atomic E-state index is 5.58. The Hall–Kier alpha value is -2.17. The summed E-state index contributed by atoms with van der Waals surface area (Å²) in [6, 6.07) is 9.71. The number of nitrogens with two attached hydrogens (primary N) is 1. The molecule has 0 saturated heterocycles. The summed E-state index contributed by atoms with van der Waals surface area (Å²) in [5.74, 6) is 2.09. The number of hydrogen-bond acceptors (Lipinski definition) is 5. The lowest BCUT2D eigenvalue weighted by atomic mass is 10.2. The molecule has 1 aromatic heterocycles. The number of benzene rings is 1. The number of anilines is 2. The lowest BCUT2D eigenvalue weighted by molar-refractivity contribution is 0.301. The third-order valence-electron chi connectivity index (χ3n) is 2.75. The minimum Gasteiger partial charge on any atom is -0.490 e. The maximum atomic E-state index is 5.58. The van der Waals surface area contributed by atoms with E-state index in [0.717, 1.165) is 23.7 Å². The highest BCUT2D eigenvalue weighted by atomic mass is 16.5. The van der Waals surface area contributed by atoms with Gasteiger partial charge in [-0.2, -0.15) is 0 Å². The van der Waals surface area contributed by atoms with Gasteiger partial charge in [0.15, 0.2) is 11.6 Å². The van der Waals surface area contributed by atoms with E-state index in [2.05, 4.69) is 10.1 Å². The van der Waals surface area contributed by atoms with Gasteiger partial charge in [0.1, 0.15) is 12.4 Å². The molecule has 0 atom stereocenters. The largest absolute Gasteiger partial charge is 0.490 e. The van der Waals surface area contributed by atoms with Gasteiger partial charge in [0.05, 0.1) is 18.8 Å². The first kappa shape index (κ1) is 10.0. The normalized spacial score (nSPS) is 14.2. The van der Waals surface area contributed by atoms with E-state index in [1.54, 1.807) is 6.07 Å². The highest BCUT2D eigenvalue weighted by Crippen LogP contribution is 2.31. The van der Waals surface area contributed by atoms with E-state index in [9.17, 15) is 0 Å². The van der Waals surface area contributed by atoms with Crippen LogP contribution in [-0.2, 0) is 6.54 Å². The number of hydrogen-bond donors (Lipinski definition) is 1. The van der Waals surface area contributed by atoms with Crippen molar-refractivity contribution in [3.63, 3.8) is 0 Å². The molecule has 2 N–H and O–H groups in total. The van der Waals surface area contributed by atoms with Crippen LogP contribution in [0.25, 0.3) is 0 Å². The minimum atomic E-state index is 0.418. The summed E-state index contributed by atoms with van der Waals surface area (Å²) in [7, 11) is 0. The van der Waals surface area contributed by atoms with E-state index in [1.807, 2.05) is 24.3 Å². The predicted octanol–water partition coefficient (Wildman–Crippen LogP) is 1.66. The van der Waals surface area contributed by atoms with Crippen molar-refractivity contribution < 1.29 is 9.26 Å². The molecule has 5 nitrogen and oxygen atoms in total. The van der Waals surface area contributed by atoms with Gasteiger partial charge in [-0.05, 0) is 12.1 Å². The van der Waals surface area contributed by atoms with Crippen LogP contribution in [0.2, 0.25) is 0 Å². The van der Waals surface area contributed by atoms with E-state index in [4.69, 9.17) is 15.0 Å². The average molecular weight is 231 g/mol. The number of ether oxygens (including phenoxy) is 1. The Balaban J connectivity index is 1.85. The number of nitrogen functional groups attached to an aromatic ring is 1. The Bertz CT molecular complexity index is 524. The summed E-state index contributed by atoms with van der Waals surface area (Å²) >= 11 is 0. The first-order valence-corrected chi connectivity index (χ1v) is 5.51. The Labute approximate surface area is 98.8 Å². The molecule has 0 spiro atoms. The summed E-state index contributed by atoms with van der Waals surface area (Å²) in [4.78, 5) is 2.19. The summed E-state index contributed by atoms with van der Waals surface area (Å²) < 4.78 is 10.7. The second-order valence-electron chi connectivity index (χ2n) is 3.96. The zero-order valence-electron chi connectivity index (χ0n) is 9.30. The van der Waals surface area contributed by atoms with Crippen molar-refractivity contribution in [1.82, 2.24) is 5.16 Å². The van der Waals surface area contributed by atoms with Crippen LogP contribution in [0.4, 0.5) is 11.5 Å². The van der Waals surface area contributed by atoms with E-state index in [-0.39, 0.29) is 0 Å².